The van der Waals surface area contributed by atoms with Gasteiger partial charge >= 0.3 is 17.9 Å². The van der Waals surface area contributed by atoms with Gasteiger partial charge in [0.2, 0.25) is 0 Å². The van der Waals surface area contributed by atoms with Gasteiger partial charge in [-0.3, -0.25) is 9.59 Å². The van der Waals surface area contributed by atoms with Crippen LogP contribution >= 0.6 is 0 Å². The topological polar surface area (TPSA) is 99.1 Å². The number of carboxylic acid groups (broad SMARTS) is 1. The molecule has 0 bridgehead atoms. The van der Waals surface area contributed by atoms with Gasteiger partial charge in [-0.25, -0.2) is 4.79 Å². The van der Waals surface area contributed by atoms with E-state index in [9.17, 15) is 19.5 Å². The number of carbonyl (C=O) groups excluding carboxylic acids is 2. The van der Waals surface area contributed by atoms with Crippen LogP contribution in [0.3, 0.4) is 0 Å². The van der Waals surface area contributed by atoms with Crippen molar-refractivity contribution in [2.24, 2.45) is 0 Å². The van der Waals surface area contributed by atoms with Crippen LogP contribution in [0.2, 0.25) is 0 Å². The molecule has 0 heterocycles. The highest BCUT2D eigenvalue weighted by Gasteiger charge is 2.31. The van der Waals surface area contributed by atoms with Crippen LogP contribution in [-0.2, 0) is 28.6 Å². The van der Waals surface area contributed by atoms with Crippen LogP contribution in [0.4, 0.5) is 0 Å². The zero-order chi connectivity index (χ0) is 35.7. The van der Waals surface area contributed by atoms with Gasteiger partial charge < -0.3 is 23.8 Å². The summed E-state index contributed by atoms with van der Waals surface area (Å²) in [5, 5.41) is 9.57. The number of hydrogen-bond acceptors (Lipinski definition) is 6. The number of ether oxygens (including phenoxy) is 3. The van der Waals surface area contributed by atoms with E-state index in [0.717, 1.165) is 70.6 Å². The Balaban J connectivity index is 4.45. The first-order valence-corrected chi connectivity index (χ1v) is 19.0. The first kappa shape index (κ1) is 45.6. The van der Waals surface area contributed by atoms with E-state index >= 15 is 0 Å². The van der Waals surface area contributed by atoms with Gasteiger partial charge in [0, 0.05) is 19.3 Å². The molecule has 0 aromatic carbocycles. The van der Waals surface area contributed by atoms with Gasteiger partial charge in [0.25, 0.3) is 0 Å². The third-order valence-electron chi connectivity index (χ3n) is 8.30. The SMILES string of the molecule is CC/C=C/C/C=C/C/C=C/CCCCCCC(=O)OCC(COCCC(C(=O)O)[N+](C)(C)C)OC(=O)CCCCCCCCCCCC. The van der Waals surface area contributed by atoms with Gasteiger partial charge in [-0.15, -0.1) is 0 Å². The van der Waals surface area contributed by atoms with Gasteiger partial charge in [-0.2, -0.15) is 0 Å². The van der Waals surface area contributed by atoms with Crippen LogP contribution in [0.25, 0.3) is 0 Å². The van der Waals surface area contributed by atoms with Crippen LogP contribution in [-0.4, -0.2) is 80.6 Å². The lowest BCUT2D eigenvalue weighted by Crippen LogP contribution is -2.50. The molecule has 0 aromatic rings. The molecule has 0 aromatic heterocycles. The van der Waals surface area contributed by atoms with Gasteiger partial charge in [0.15, 0.2) is 12.1 Å². The van der Waals surface area contributed by atoms with E-state index in [1.807, 2.05) is 21.1 Å². The molecule has 0 spiro atoms. The predicted octanol–water partition coefficient (Wildman–Crippen LogP) is 9.52. The summed E-state index contributed by atoms with van der Waals surface area (Å²) in [6, 6.07) is -0.615. The smallest absolute Gasteiger partial charge is 0.362 e. The number of esters is 2. The maximum atomic E-state index is 12.6. The van der Waals surface area contributed by atoms with Crippen molar-refractivity contribution in [3.63, 3.8) is 0 Å². The highest BCUT2D eigenvalue weighted by atomic mass is 16.6. The number of carbonyl (C=O) groups is 3. The summed E-state index contributed by atoms with van der Waals surface area (Å²) < 4.78 is 17.2. The summed E-state index contributed by atoms with van der Waals surface area (Å²) in [4.78, 5) is 36.7. The molecule has 0 aliphatic heterocycles. The minimum atomic E-state index is -0.880. The zero-order valence-corrected chi connectivity index (χ0v) is 31.4. The Labute approximate surface area is 293 Å². The van der Waals surface area contributed by atoms with Crippen molar-refractivity contribution in [1.29, 1.82) is 0 Å². The van der Waals surface area contributed by atoms with Crippen molar-refractivity contribution >= 4 is 17.9 Å². The fourth-order valence-electron chi connectivity index (χ4n) is 5.34. The molecular formula is C40H72NO7+. The van der Waals surface area contributed by atoms with Gasteiger partial charge in [0.05, 0.1) is 34.4 Å². The molecule has 8 heteroatoms. The molecule has 0 radical (unpaired) electrons. The first-order valence-electron chi connectivity index (χ1n) is 19.0. The number of quaternary nitrogens is 1. The largest absolute Gasteiger partial charge is 0.477 e. The minimum Gasteiger partial charge on any atom is -0.477 e. The summed E-state index contributed by atoms with van der Waals surface area (Å²) in [7, 11) is 5.50. The molecule has 2 atom stereocenters. The van der Waals surface area contributed by atoms with Crippen LogP contribution in [0, 0.1) is 0 Å². The number of aliphatic carboxylic acids is 1. The fourth-order valence-corrected chi connectivity index (χ4v) is 5.34. The monoisotopic (exact) mass is 679 g/mol. The Morgan fingerprint density at radius 1 is 0.646 bits per heavy atom. The average molecular weight is 679 g/mol. The third kappa shape index (κ3) is 29.7. The summed E-state index contributed by atoms with van der Waals surface area (Å²) in [5.74, 6) is -1.50. The average Bonchev–Trinajstić information content (AvgIpc) is 3.03. The Kier molecular flexibility index (Phi) is 30.2. The van der Waals surface area contributed by atoms with E-state index in [4.69, 9.17) is 14.2 Å². The fraction of sp³-hybridized carbons (Fsp3) is 0.775. The van der Waals surface area contributed by atoms with Crippen LogP contribution < -0.4 is 0 Å². The van der Waals surface area contributed by atoms with Gasteiger partial charge in [0.1, 0.15) is 6.61 Å². The Hall–Kier alpha value is -2.45. The van der Waals surface area contributed by atoms with Crippen LogP contribution in [0.1, 0.15) is 149 Å². The Bertz CT molecular complexity index is 891. The quantitative estimate of drug-likeness (QED) is 0.0319. The van der Waals surface area contributed by atoms with E-state index in [1.165, 1.54) is 44.9 Å². The molecule has 0 aliphatic carbocycles. The van der Waals surface area contributed by atoms with Crippen LogP contribution in [0.5, 0.6) is 0 Å². The lowest BCUT2D eigenvalue weighted by molar-refractivity contribution is -0.887. The van der Waals surface area contributed by atoms with Crippen molar-refractivity contribution in [2.45, 2.75) is 161 Å². The van der Waals surface area contributed by atoms with Crippen molar-refractivity contribution in [3.05, 3.63) is 36.5 Å². The number of rotatable bonds is 33. The molecule has 0 saturated heterocycles. The highest BCUT2D eigenvalue weighted by Crippen LogP contribution is 2.13. The van der Waals surface area contributed by atoms with E-state index in [2.05, 4.69) is 50.3 Å². The molecule has 0 rings (SSSR count). The summed E-state index contributed by atoms with van der Waals surface area (Å²) in [5.41, 5.74) is 0. The molecule has 0 saturated carbocycles. The van der Waals surface area contributed by atoms with E-state index in [-0.39, 0.29) is 36.2 Å². The number of unbranched alkanes of at least 4 members (excludes halogenated alkanes) is 13. The van der Waals surface area contributed by atoms with Crippen molar-refractivity contribution < 1.29 is 38.2 Å². The molecule has 278 valence electrons. The highest BCUT2D eigenvalue weighted by molar-refractivity contribution is 5.72. The number of hydrogen-bond donors (Lipinski definition) is 1. The Morgan fingerprint density at radius 3 is 1.73 bits per heavy atom. The second-order valence-electron chi connectivity index (χ2n) is 13.8. The number of likely N-dealkylation sites (N-methyl/N-ethyl adjacent to an activating group) is 1. The molecule has 8 nitrogen and oxygen atoms in total. The van der Waals surface area contributed by atoms with Crippen molar-refractivity contribution in [3.8, 4) is 0 Å². The lowest BCUT2D eigenvalue weighted by Gasteiger charge is -2.31. The minimum absolute atomic E-state index is 0.0553. The lowest BCUT2D eigenvalue weighted by atomic mass is 10.1. The number of allylic oxidation sites excluding steroid dienone is 6. The summed E-state index contributed by atoms with van der Waals surface area (Å²) in [6.45, 7) is 4.57. The Morgan fingerprint density at radius 2 is 1.17 bits per heavy atom. The number of nitrogens with zero attached hydrogens (tertiary/aromatic N) is 1. The van der Waals surface area contributed by atoms with Crippen molar-refractivity contribution in [1.82, 2.24) is 0 Å². The standard InChI is InChI=1S/C40H71NO7/c1-6-8-10-12-14-16-18-19-20-21-23-24-26-28-30-38(42)47-35-36(34-46-33-32-37(40(44)45)41(3,4)5)48-39(43)31-29-27-25-22-17-15-13-11-9-7-2/h8,10,14,16,19-20,36-37H,6-7,9,11-13,15,17-18,21-35H2,1-5H3/p+1/b10-8+,16-14+,20-19+. The molecule has 0 aliphatic rings. The van der Waals surface area contributed by atoms with E-state index in [1.54, 1.807) is 0 Å². The van der Waals surface area contributed by atoms with Gasteiger partial charge in [-0.1, -0.05) is 121 Å². The van der Waals surface area contributed by atoms with Crippen molar-refractivity contribution in [2.75, 3.05) is 41.0 Å². The number of carboxylic acids is 1. The normalized spacial score (nSPS) is 13.4. The maximum Gasteiger partial charge on any atom is 0.362 e. The molecule has 1 N–H and O–H groups in total. The third-order valence-corrected chi connectivity index (χ3v) is 8.30. The molecule has 48 heavy (non-hydrogen) atoms. The zero-order valence-electron chi connectivity index (χ0n) is 31.4. The van der Waals surface area contributed by atoms with Crippen LogP contribution in [0.15, 0.2) is 36.5 Å². The van der Waals surface area contributed by atoms with Gasteiger partial charge in [-0.05, 0) is 44.9 Å². The van der Waals surface area contributed by atoms with E-state index < -0.39 is 18.1 Å². The molecular weight excluding hydrogens is 606 g/mol. The summed E-state index contributed by atoms with van der Waals surface area (Å²) >= 11 is 0. The van der Waals surface area contributed by atoms with E-state index in [0.29, 0.717) is 19.3 Å². The first-order chi connectivity index (χ1) is 23.1. The molecule has 2 unspecified atom stereocenters. The molecule has 0 fully saturated rings. The molecule has 0 amide bonds. The predicted molar refractivity (Wildman–Crippen MR) is 197 cm³/mol. The second-order valence-corrected chi connectivity index (χ2v) is 13.8. The second kappa shape index (κ2) is 31.8. The maximum absolute atomic E-state index is 12.6. The summed E-state index contributed by atoms with van der Waals surface area (Å²) in [6.07, 6.45) is 33.3.